The van der Waals surface area contributed by atoms with Crippen LogP contribution in [0.4, 0.5) is 10.8 Å². The molecule has 7 nitrogen and oxygen atoms in total. The van der Waals surface area contributed by atoms with Gasteiger partial charge >= 0.3 is 0 Å². The molecule has 1 aliphatic rings. The molecule has 178 valence electrons. The zero-order valence-corrected chi connectivity index (χ0v) is 22.0. The van der Waals surface area contributed by atoms with Crippen molar-refractivity contribution in [2.75, 3.05) is 5.01 Å². The van der Waals surface area contributed by atoms with Gasteiger partial charge in [0.2, 0.25) is 5.13 Å². The van der Waals surface area contributed by atoms with E-state index in [-0.39, 0.29) is 11.7 Å². The molecule has 1 amide bonds. The van der Waals surface area contributed by atoms with Crippen molar-refractivity contribution >= 4 is 67.1 Å². The summed E-state index contributed by atoms with van der Waals surface area (Å²) in [5.41, 5.74) is 3.28. The number of nitrogens with zero attached hydrogens (tertiary/aromatic N) is 5. The molecular weight excluding hydrogens is 562 g/mol. The van der Waals surface area contributed by atoms with Crippen molar-refractivity contribution in [1.82, 2.24) is 4.98 Å². The molecule has 36 heavy (non-hydrogen) atoms. The van der Waals surface area contributed by atoms with Crippen LogP contribution in [0.2, 0.25) is 5.02 Å². The highest BCUT2D eigenvalue weighted by Crippen LogP contribution is 2.32. The quantitative estimate of drug-likeness (QED) is 0.177. The SMILES string of the molecule is CC1=NN(c2nc(-c3ccc(Br)cc3)cs2)C(=O)[C@@H]1N=Nc1ccc(Cl)cc1C(=O)c1ccccc1. The number of carbonyl (C=O) groups excluding carboxylic acids is 2. The molecule has 0 bridgehead atoms. The zero-order valence-electron chi connectivity index (χ0n) is 18.8. The fourth-order valence-electron chi connectivity index (χ4n) is 3.58. The van der Waals surface area contributed by atoms with Crippen molar-refractivity contribution < 1.29 is 9.59 Å². The number of hydrogen-bond donors (Lipinski definition) is 0. The van der Waals surface area contributed by atoms with E-state index >= 15 is 0 Å². The number of benzene rings is 3. The van der Waals surface area contributed by atoms with Crippen molar-refractivity contribution in [2.24, 2.45) is 15.3 Å². The molecule has 1 atom stereocenters. The monoisotopic (exact) mass is 577 g/mol. The molecule has 0 unspecified atom stereocenters. The molecule has 0 fully saturated rings. The minimum Gasteiger partial charge on any atom is -0.289 e. The Balaban J connectivity index is 1.38. The number of halogens is 2. The lowest BCUT2D eigenvalue weighted by molar-refractivity contribution is -0.117. The number of amides is 1. The second kappa shape index (κ2) is 10.2. The van der Waals surface area contributed by atoms with Gasteiger partial charge in [-0.3, -0.25) is 9.59 Å². The van der Waals surface area contributed by atoms with Crippen molar-refractivity contribution in [3.05, 3.63) is 98.8 Å². The number of ketones is 1. The van der Waals surface area contributed by atoms with Crippen molar-refractivity contribution in [2.45, 2.75) is 13.0 Å². The van der Waals surface area contributed by atoms with Crippen LogP contribution in [0.1, 0.15) is 22.8 Å². The lowest BCUT2D eigenvalue weighted by Gasteiger charge is -2.09. The Labute approximate surface area is 224 Å². The third-order valence-corrected chi connectivity index (χ3v) is 7.01. The average Bonchev–Trinajstić information content (AvgIpc) is 3.48. The first-order chi connectivity index (χ1) is 17.4. The Hall–Kier alpha value is -3.53. The van der Waals surface area contributed by atoms with E-state index in [9.17, 15) is 9.59 Å². The van der Waals surface area contributed by atoms with Crippen molar-refractivity contribution in [3.8, 4) is 11.3 Å². The van der Waals surface area contributed by atoms with Crippen LogP contribution in [0.5, 0.6) is 0 Å². The van der Waals surface area contributed by atoms with Crippen LogP contribution in [0.25, 0.3) is 11.3 Å². The Morgan fingerprint density at radius 2 is 1.83 bits per heavy atom. The minimum atomic E-state index is -0.916. The first kappa shape index (κ1) is 24.2. The summed E-state index contributed by atoms with van der Waals surface area (Å²) in [6.45, 7) is 1.71. The predicted octanol–water partition coefficient (Wildman–Crippen LogP) is 7.33. The second-order valence-electron chi connectivity index (χ2n) is 7.89. The van der Waals surface area contributed by atoms with Crippen LogP contribution in [0.3, 0.4) is 0 Å². The fourth-order valence-corrected chi connectivity index (χ4v) is 4.81. The molecular formula is C26H17BrClN5O2S. The number of azo groups is 1. The van der Waals surface area contributed by atoms with Gasteiger partial charge in [-0.05, 0) is 37.3 Å². The van der Waals surface area contributed by atoms with E-state index in [2.05, 4.69) is 36.2 Å². The summed E-state index contributed by atoms with van der Waals surface area (Å²) in [7, 11) is 0. The smallest absolute Gasteiger partial charge is 0.282 e. The number of carbonyl (C=O) groups is 2. The maximum Gasteiger partial charge on any atom is 0.282 e. The lowest BCUT2D eigenvalue weighted by Crippen LogP contribution is -2.29. The topological polar surface area (TPSA) is 87.3 Å². The molecule has 0 aliphatic carbocycles. The first-order valence-electron chi connectivity index (χ1n) is 10.8. The molecule has 5 rings (SSSR count). The highest BCUT2D eigenvalue weighted by atomic mass is 79.9. The van der Waals surface area contributed by atoms with Gasteiger partial charge in [-0.15, -0.1) is 11.3 Å². The first-order valence-corrected chi connectivity index (χ1v) is 12.9. The Morgan fingerprint density at radius 3 is 2.58 bits per heavy atom. The van der Waals surface area contributed by atoms with Gasteiger partial charge in [0.25, 0.3) is 5.91 Å². The van der Waals surface area contributed by atoms with Crippen LogP contribution in [-0.2, 0) is 4.79 Å². The molecule has 1 aromatic heterocycles. The third-order valence-electron chi connectivity index (χ3n) is 5.43. The third kappa shape index (κ3) is 4.90. The number of thiazole rings is 1. The number of rotatable bonds is 6. The molecule has 3 aromatic carbocycles. The molecule has 0 saturated heterocycles. The summed E-state index contributed by atoms with van der Waals surface area (Å²) in [5.74, 6) is -0.599. The normalized spacial score (nSPS) is 15.5. The van der Waals surface area contributed by atoms with E-state index in [1.807, 2.05) is 35.7 Å². The summed E-state index contributed by atoms with van der Waals surface area (Å²) in [6.07, 6.45) is 0. The van der Waals surface area contributed by atoms with E-state index in [0.29, 0.717) is 32.7 Å². The van der Waals surface area contributed by atoms with E-state index in [4.69, 9.17) is 11.6 Å². The van der Waals surface area contributed by atoms with Gasteiger partial charge in [-0.2, -0.15) is 20.3 Å². The van der Waals surface area contributed by atoms with E-state index in [1.165, 1.54) is 16.3 Å². The lowest BCUT2D eigenvalue weighted by atomic mass is 10.0. The fraction of sp³-hybridized carbons (Fsp3) is 0.0769. The van der Waals surface area contributed by atoms with Crippen LogP contribution >= 0.6 is 38.9 Å². The van der Waals surface area contributed by atoms with Gasteiger partial charge in [0.05, 0.1) is 22.7 Å². The second-order valence-corrected chi connectivity index (χ2v) is 10.1. The van der Waals surface area contributed by atoms with E-state index in [1.54, 1.807) is 49.4 Å². The Kier molecular flexibility index (Phi) is 6.86. The number of hydrogen-bond acceptors (Lipinski definition) is 7. The molecule has 0 spiro atoms. The summed E-state index contributed by atoms with van der Waals surface area (Å²) < 4.78 is 0.971. The van der Waals surface area contributed by atoms with Crippen LogP contribution < -0.4 is 5.01 Å². The van der Waals surface area contributed by atoms with Crippen LogP contribution in [-0.4, -0.2) is 28.4 Å². The Morgan fingerprint density at radius 1 is 1.08 bits per heavy atom. The molecule has 0 radical (unpaired) electrons. The molecule has 10 heteroatoms. The summed E-state index contributed by atoms with van der Waals surface area (Å²) in [4.78, 5) is 30.8. The zero-order chi connectivity index (χ0) is 25.2. The van der Waals surface area contributed by atoms with Gasteiger partial charge in [-0.1, -0.05) is 70.0 Å². The largest absolute Gasteiger partial charge is 0.289 e. The molecule has 2 heterocycles. The average molecular weight is 579 g/mol. The van der Waals surface area contributed by atoms with Crippen LogP contribution in [0, 0.1) is 0 Å². The Bertz CT molecular complexity index is 1520. The van der Waals surface area contributed by atoms with Crippen molar-refractivity contribution in [3.63, 3.8) is 0 Å². The van der Waals surface area contributed by atoms with Crippen LogP contribution in [0.15, 0.2) is 98.0 Å². The predicted molar refractivity (Wildman–Crippen MR) is 145 cm³/mol. The van der Waals surface area contributed by atoms with Gasteiger partial charge < -0.3 is 0 Å². The highest BCUT2D eigenvalue weighted by molar-refractivity contribution is 9.10. The summed E-state index contributed by atoms with van der Waals surface area (Å²) in [6, 6.07) is 20.5. The van der Waals surface area contributed by atoms with Gasteiger partial charge in [0, 0.05) is 26.0 Å². The molecule has 0 N–H and O–H groups in total. The number of anilines is 1. The molecule has 0 saturated carbocycles. The molecule has 4 aromatic rings. The summed E-state index contributed by atoms with van der Waals surface area (Å²) in [5, 5.41) is 16.9. The van der Waals surface area contributed by atoms with E-state index in [0.717, 1.165) is 15.7 Å². The summed E-state index contributed by atoms with van der Waals surface area (Å²) >= 11 is 10.9. The van der Waals surface area contributed by atoms with Gasteiger partial charge in [0.15, 0.2) is 11.8 Å². The minimum absolute atomic E-state index is 0.236. The highest BCUT2D eigenvalue weighted by Gasteiger charge is 2.36. The number of hydrazone groups is 1. The van der Waals surface area contributed by atoms with E-state index < -0.39 is 6.04 Å². The maximum atomic E-state index is 13.2. The number of aromatic nitrogens is 1. The standard InChI is InChI=1S/C26H17BrClN5O2S/c1-15-23(25(35)33(32-15)26-29-22(14-36-26)16-7-9-18(27)10-8-16)31-30-21-12-11-19(28)13-20(21)24(34)17-5-3-2-4-6-17/h2-14,23H,1H3/t23-/m1/s1. The van der Waals surface area contributed by atoms with Gasteiger partial charge in [-0.25, -0.2) is 4.98 Å². The molecule has 1 aliphatic heterocycles. The van der Waals surface area contributed by atoms with Crippen molar-refractivity contribution in [1.29, 1.82) is 0 Å². The van der Waals surface area contributed by atoms with Gasteiger partial charge in [0.1, 0.15) is 0 Å². The maximum absolute atomic E-state index is 13.2.